The first-order chi connectivity index (χ1) is 11.4. The molecule has 1 amide bonds. The van der Waals surface area contributed by atoms with E-state index in [1.807, 2.05) is 33.2 Å². The lowest BCUT2D eigenvalue weighted by molar-refractivity contribution is 0.0240. The summed E-state index contributed by atoms with van der Waals surface area (Å²) in [5, 5.41) is 0.956. The predicted molar refractivity (Wildman–Crippen MR) is 96.6 cm³/mol. The van der Waals surface area contributed by atoms with Gasteiger partial charge in [-0.25, -0.2) is 14.8 Å². The van der Waals surface area contributed by atoms with E-state index >= 15 is 0 Å². The number of hydrogen-bond acceptors (Lipinski definition) is 7. The molecule has 24 heavy (non-hydrogen) atoms. The van der Waals surface area contributed by atoms with Gasteiger partial charge in [0.05, 0.1) is 11.1 Å². The first-order valence-electron chi connectivity index (χ1n) is 8.18. The highest BCUT2D eigenvalue weighted by Gasteiger charge is 2.27. The van der Waals surface area contributed by atoms with Crippen molar-refractivity contribution in [3.05, 3.63) is 11.1 Å². The van der Waals surface area contributed by atoms with Gasteiger partial charge in [-0.3, -0.25) is 4.99 Å². The minimum absolute atomic E-state index is 0.243. The number of thiazole rings is 1. The average molecular weight is 349 g/mol. The fourth-order valence-electron chi connectivity index (χ4n) is 2.48. The Morgan fingerprint density at radius 2 is 2.00 bits per heavy atom. The molecular formula is C16H23N5O2S. The Labute approximate surface area is 146 Å². The molecule has 0 radical (unpaired) electrons. The number of rotatable bonds is 2. The van der Waals surface area contributed by atoms with Crippen LogP contribution in [0.2, 0.25) is 0 Å². The Kier molecular flexibility index (Phi) is 4.84. The van der Waals surface area contributed by atoms with E-state index in [0.717, 1.165) is 41.9 Å². The van der Waals surface area contributed by atoms with E-state index in [0.29, 0.717) is 13.1 Å². The van der Waals surface area contributed by atoms with Crippen LogP contribution in [-0.4, -0.2) is 66.4 Å². The van der Waals surface area contributed by atoms with Gasteiger partial charge in [0.1, 0.15) is 5.60 Å². The fraction of sp³-hybridized carbons (Fsp3) is 0.625. The minimum Gasteiger partial charge on any atom is -0.444 e. The van der Waals surface area contributed by atoms with Crippen LogP contribution in [0.25, 0.3) is 0 Å². The topological polar surface area (TPSA) is 70.4 Å². The van der Waals surface area contributed by atoms with Crippen LogP contribution in [0.5, 0.6) is 0 Å². The van der Waals surface area contributed by atoms with Crippen molar-refractivity contribution < 1.29 is 9.53 Å². The Hall–Kier alpha value is -1.96. The van der Waals surface area contributed by atoms with Crippen molar-refractivity contribution in [3.63, 3.8) is 0 Å². The number of ether oxygens (including phenoxy) is 1. The molecule has 7 nitrogen and oxygen atoms in total. The van der Waals surface area contributed by atoms with Crippen molar-refractivity contribution in [2.45, 2.75) is 32.8 Å². The van der Waals surface area contributed by atoms with Gasteiger partial charge in [-0.05, 0) is 20.8 Å². The van der Waals surface area contributed by atoms with E-state index in [-0.39, 0.29) is 6.09 Å². The maximum atomic E-state index is 12.1. The van der Waals surface area contributed by atoms with Crippen molar-refractivity contribution in [1.29, 1.82) is 0 Å². The third-order valence-electron chi connectivity index (χ3n) is 3.65. The molecule has 3 heterocycles. The molecular weight excluding hydrogens is 326 g/mol. The van der Waals surface area contributed by atoms with Gasteiger partial charge in [0.2, 0.25) is 0 Å². The first-order valence-corrected chi connectivity index (χ1v) is 9.00. The summed E-state index contributed by atoms with van der Waals surface area (Å²) in [7, 11) is 0. The smallest absolute Gasteiger partial charge is 0.410 e. The Balaban J connectivity index is 1.57. The Morgan fingerprint density at radius 1 is 1.25 bits per heavy atom. The summed E-state index contributed by atoms with van der Waals surface area (Å²) in [5.41, 5.74) is -0.459. The number of hydrogen-bond donors (Lipinski definition) is 0. The number of amidine groups is 1. The van der Waals surface area contributed by atoms with Crippen LogP contribution in [0.4, 0.5) is 9.93 Å². The van der Waals surface area contributed by atoms with Gasteiger partial charge in [-0.1, -0.05) is 11.3 Å². The zero-order valence-corrected chi connectivity index (χ0v) is 15.2. The number of amides is 1. The molecule has 3 rings (SSSR count). The van der Waals surface area contributed by atoms with Crippen LogP contribution in [0.1, 0.15) is 32.1 Å². The van der Waals surface area contributed by atoms with Gasteiger partial charge >= 0.3 is 6.09 Å². The molecule has 2 aliphatic heterocycles. The van der Waals surface area contributed by atoms with Crippen LogP contribution in [0, 0.1) is 0 Å². The highest BCUT2D eigenvalue weighted by Crippen LogP contribution is 2.25. The molecule has 2 aliphatic rings. The maximum absolute atomic E-state index is 12.1. The van der Waals surface area contributed by atoms with Crippen LogP contribution in [0.15, 0.2) is 16.2 Å². The summed E-state index contributed by atoms with van der Waals surface area (Å²) in [6.07, 6.45) is 4.40. The van der Waals surface area contributed by atoms with Crippen LogP contribution >= 0.6 is 11.3 Å². The molecule has 0 atom stereocenters. The van der Waals surface area contributed by atoms with Crippen molar-refractivity contribution in [2.75, 3.05) is 37.6 Å². The summed E-state index contributed by atoms with van der Waals surface area (Å²) in [4.78, 5) is 30.3. The number of anilines is 1. The Bertz CT molecular complexity index is 654. The predicted octanol–water partition coefficient (Wildman–Crippen LogP) is 2.42. The van der Waals surface area contributed by atoms with Gasteiger partial charge in [0, 0.05) is 45.4 Å². The summed E-state index contributed by atoms with van der Waals surface area (Å²) >= 11 is 1.60. The van der Waals surface area contributed by atoms with Gasteiger partial charge in [-0.2, -0.15) is 0 Å². The lowest BCUT2D eigenvalue weighted by Crippen LogP contribution is -2.50. The molecule has 0 aliphatic carbocycles. The molecule has 1 aromatic rings. The third kappa shape index (κ3) is 4.11. The zero-order valence-electron chi connectivity index (χ0n) is 14.4. The maximum Gasteiger partial charge on any atom is 0.410 e. The number of carbonyl (C=O) groups excluding carboxylic acids is 1. The van der Waals surface area contributed by atoms with E-state index in [2.05, 4.69) is 19.9 Å². The van der Waals surface area contributed by atoms with Crippen molar-refractivity contribution in [1.82, 2.24) is 9.88 Å². The summed E-state index contributed by atoms with van der Waals surface area (Å²) < 4.78 is 5.43. The minimum atomic E-state index is -0.459. The standard InChI is InChI=1S/C16H23N5O2S/c1-16(2,3)23-15(22)21-9-7-20(8-10-21)14-19-11-12(24-14)13-17-5-4-6-18-13/h5,11H,4,6-10H2,1-3H3. The van der Waals surface area contributed by atoms with E-state index in [1.54, 1.807) is 16.2 Å². The normalized spacial score (nSPS) is 18.5. The quantitative estimate of drug-likeness (QED) is 0.822. The van der Waals surface area contributed by atoms with E-state index in [4.69, 9.17) is 4.74 Å². The van der Waals surface area contributed by atoms with Gasteiger partial charge in [0.15, 0.2) is 11.0 Å². The number of piperazine rings is 1. The molecule has 0 bridgehead atoms. The van der Waals surface area contributed by atoms with E-state index < -0.39 is 5.60 Å². The van der Waals surface area contributed by atoms with Crippen LogP contribution in [-0.2, 0) is 4.74 Å². The SMILES string of the molecule is CC(C)(C)OC(=O)N1CCN(c2ncc(C3=NCCC=N3)s2)CC1. The highest BCUT2D eigenvalue weighted by atomic mass is 32.1. The zero-order chi connectivity index (χ0) is 17.2. The van der Waals surface area contributed by atoms with Crippen molar-refractivity contribution in [2.24, 2.45) is 9.98 Å². The lowest BCUT2D eigenvalue weighted by atomic mass is 10.2. The largest absolute Gasteiger partial charge is 0.444 e. The monoisotopic (exact) mass is 349 g/mol. The van der Waals surface area contributed by atoms with Crippen LogP contribution < -0.4 is 4.90 Å². The molecule has 0 N–H and O–H groups in total. The second-order valence-corrected chi connectivity index (χ2v) is 7.78. The molecule has 0 unspecified atom stereocenters. The average Bonchev–Trinajstić information content (AvgIpc) is 3.04. The molecule has 0 aromatic carbocycles. The highest BCUT2D eigenvalue weighted by molar-refractivity contribution is 7.17. The molecule has 1 saturated heterocycles. The van der Waals surface area contributed by atoms with Crippen LogP contribution in [0.3, 0.4) is 0 Å². The Morgan fingerprint density at radius 3 is 2.62 bits per heavy atom. The second kappa shape index (κ2) is 6.88. The first kappa shape index (κ1) is 16.9. The molecule has 130 valence electrons. The van der Waals surface area contributed by atoms with Gasteiger partial charge < -0.3 is 14.5 Å². The van der Waals surface area contributed by atoms with E-state index in [1.165, 1.54) is 0 Å². The van der Waals surface area contributed by atoms with Gasteiger partial charge in [0.25, 0.3) is 0 Å². The number of aromatic nitrogens is 1. The molecule has 8 heteroatoms. The number of aliphatic imine (C=N–C) groups is 2. The number of nitrogens with zero attached hydrogens (tertiary/aromatic N) is 5. The second-order valence-electron chi connectivity index (χ2n) is 6.77. The van der Waals surface area contributed by atoms with Crippen molar-refractivity contribution in [3.8, 4) is 0 Å². The fourth-order valence-corrected chi connectivity index (χ4v) is 3.41. The van der Waals surface area contributed by atoms with Gasteiger partial charge in [-0.15, -0.1) is 0 Å². The van der Waals surface area contributed by atoms with E-state index in [9.17, 15) is 4.79 Å². The van der Waals surface area contributed by atoms with Crippen molar-refractivity contribution >= 4 is 34.6 Å². The third-order valence-corrected chi connectivity index (χ3v) is 4.70. The lowest BCUT2D eigenvalue weighted by Gasteiger charge is -2.35. The molecule has 0 spiro atoms. The molecule has 1 fully saturated rings. The summed E-state index contributed by atoms with van der Waals surface area (Å²) in [6, 6.07) is 0. The molecule has 0 saturated carbocycles. The molecule has 1 aromatic heterocycles. The summed E-state index contributed by atoms with van der Waals surface area (Å²) in [5.74, 6) is 0.775. The number of carbonyl (C=O) groups is 1. The summed E-state index contributed by atoms with van der Waals surface area (Å²) in [6.45, 7) is 9.23.